The maximum Gasteiger partial charge on any atom is 0.243 e. The van der Waals surface area contributed by atoms with Crippen molar-refractivity contribution in [2.24, 2.45) is 0 Å². The van der Waals surface area contributed by atoms with Gasteiger partial charge in [-0.25, -0.2) is 16.8 Å². The zero-order valence-electron chi connectivity index (χ0n) is 14.3. The van der Waals surface area contributed by atoms with Gasteiger partial charge < -0.3 is 5.32 Å². The van der Waals surface area contributed by atoms with Crippen LogP contribution >= 0.6 is 11.6 Å². The highest BCUT2D eigenvalue weighted by atomic mass is 35.5. The van der Waals surface area contributed by atoms with E-state index < -0.39 is 25.1 Å². The van der Waals surface area contributed by atoms with E-state index in [-0.39, 0.29) is 28.8 Å². The Morgan fingerprint density at radius 3 is 2.00 bits per heavy atom. The smallest absolute Gasteiger partial charge is 0.243 e. The van der Waals surface area contributed by atoms with Gasteiger partial charge in [0.25, 0.3) is 0 Å². The van der Waals surface area contributed by atoms with Crippen LogP contribution in [-0.4, -0.2) is 45.4 Å². The van der Waals surface area contributed by atoms with E-state index in [9.17, 15) is 21.6 Å². The standard InChI is InChI=1S/C17H17ClN2O5S2/c1-12(21)19-14-4-8-16(9-5-14)27(24,25)20-10-17(11-20)26(22,23)15-6-2-13(18)3-7-15/h2-9,17H,10-11H2,1H3,(H,19,21). The Hall–Kier alpha value is -1.94. The highest BCUT2D eigenvalue weighted by Gasteiger charge is 2.44. The zero-order chi connectivity index (χ0) is 19.8. The lowest BCUT2D eigenvalue weighted by molar-refractivity contribution is -0.114. The lowest BCUT2D eigenvalue weighted by Crippen LogP contribution is -2.56. The molecule has 0 aliphatic carbocycles. The van der Waals surface area contributed by atoms with Crippen molar-refractivity contribution in [3.8, 4) is 0 Å². The zero-order valence-corrected chi connectivity index (χ0v) is 16.7. The van der Waals surface area contributed by atoms with Gasteiger partial charge in [-0.15, -0.1) is 0 Å². The van der Waals surface area contributed by atoms with E-state index in [0.717, 1.165) is 4.31 Å². The summed E-state index contributed by atoms with van der Waals surface area (Å²) in [5, 5.41) is 2.18. The third kappa shape index (κ3) is 4.01. The summed E-state index contributed by atoms with van der Waals surface area (Å²) in [5.41, 5.74) is 0.480. The Balaban J connectivity index is 1.72. The number of rotatable bonds is 5. The van der Waals surface area contributed by atoms with Crippen LogP contribution in [0.25, 0.3) is 0 Å². The molecular formula is C17H17ClN2O5S2. The molecule has 27 heavy (non-hydrogen) atoms. The van der Waals surface area contributed by atoms with Crippen molar-refractivity contribution in [1.82, 2.24) is 4.31 Å². The molecule has 1 aliphatic rings. The average molecular weight is 429 g/mol. The first-order valence-corrected chi connectivity index (χ1v) is 11.3. The molecule has 0 spiro atoms. The number of amides is 1. The number of hydrogen-bond acceptors (Lipinski definition) is 5. The summed E-state index contributed by atoms with van der Waals surface area (Å²) >= 11 is 5.77. The Morgan fingerprint density at radius 1 is 0.963 bits per heavy atom. The quantitative estimate of drug-likeness (QED) is 0.786. The lowest BCUT2D eigenvalue weighted by atomic mass is 10.3. The summed E-state index contributed by atoms with van der Waals surface area (Å²) < 4.78 is 51.5. The van der Waals surface area contributed by atoms with Gasteiger partial charge >= 0.3 is 0 Å². The third-order valence-corrected chi connectivity index (χ3v) is 8.41. The topological polar surface area (TPSA) is 101 Å². The fourth-order valence-electron chi connectivity index (χ4n) is 2.67. The van der Waals surface area contributed by atoms with E-state index in [4.69, 9.17) is 11.6 Å². The van der Waals surface area contributed by atoms with Crippen LogP contribution in [-0.2, 0) is 24.7 Å². The van der Waals surface area contributed by atoms with Crippen LogP contribution in [0.2, 0.25) is 5.02 Å². The van der Waals surface area contributed by atoms with Crippen molar-refractivity contribution >= 4 is 43.1 Å². The molecular weight excluding hydrogens is 412 g/mol. The maximum atomic E-state index is 12.6. The predicted octanol–water partition coefficient (Wildman–Crippen LogP) is 2.15. The van der Waals surface area contributed by atoms with Crippen LogP contribution in [0.15, 0.2) is 58.3 Å². The van der Waals surface area contributed by atoms with Gasteiger partial charge in [-0.1, -0.05) is 11.6 Å². The van der Waals surface area contributed by atoms with Crippen LogP contribution in [0.3, 0.4) is 0 Å². The first-order valence-electron chi connectivity index (χ1n) is 7.98. The summed E-state index contributed by atoms with van der Waals surface area (Å²) in [7, 11) is -7.42. The van der Waals surface area contributed by atoms with E-state index in [2.05, 4.69) is 5.32 Å². The second-order valence-electron chi connectivity index (χ2n) is 6.15. The van der Waals surface area contributed by atoms with Gasteiger partial charge in [0, 0.05) is 30.7 Å². The molecule has 0 aromatic heterocycles. The summed E-state index contributed by atoms with van der Waals surface area (Å²) in [4.78, 5) is 11.2. The number of sulfone groups is 1. The summed E-state index contributed by atoms with van der Waals surface area (Å²) in [6.45, 7) is 1.13. The van der Waals surface area contributed by atoms with E-state index in [1.165, 1.54) is 55.5 Å². The van der Waals surface area contributed by atoms with Crippen molar-refractivity contribution < 1.29 is 21.6 Å². The van der Waals surface area contributed by atoms with Gasteiger partial charge in [0.05, 0.1) is 15.0 Å². The number of carbonyl (C=O) groups is 1. The molecule has 1 heterocycles. The fourth-order valence-corrected chi connectivity index (χ4v) is 6.17. The molecule has 1 saturated heterocycles. The molecule has 1 fully saturated rings. The molecule has 2 aromatic rings. The molecule has 1 amide bonds. The van der Waals surface area contributed by atoms with Gasteiger partial charge in [0.1, 0.15) is 0 Å². The van der Waals surface area contributed by atoms with Gasteiger partial charge in [0.15, 0.2) is 9.84 Å². The van der Waals surface area contributed by atoms with Crippen molar-refractivity contribution in [2.75, 3.05) is 18.4 Å². The Kier molecular flexibility index (Phi) is 5.31. The molecule has 144 valence electrons. The van der Waals surface area contributed by atoms with Crippen molar-refractivity contribution in [1.29, 1.82) is 0 Å². The monoisotopic (exact) mass is 428 g/mol. The SMILES string of the molecule is CC(=O)Nc1ccc(S(=O)(=O)N2CC(S(=O)(=O)c3ccc(Cl)cc3)C2)cc1. The first kappa shape index (κ1) is 19.8. The third-order valence-electron chi connectivity index (χ3n) is 4.21. The molecule has 10 heteroatoms. The Labute approximate surface area is 162 Å². The lowest BCUT2D eigenvalue weighted by Gasteiger charge is -2.37. The molecule has 0 atom stereocenters. The maximum absolute atomic E-state index is 12.6. The van der Waals surface area contributed by atoms with Gasteiger partial charge in [-0.3, -0.25) is 4.79 Å². The molecule has 0 unspecified atom stereocenters. The summed E-state index contributed by atoms with van der Waals surface area (Å²) in [5.74, 6) is -0.261. The fraction of sp³-hybridized carbons (Fsp3) is 0.235. The molecule has 0 saturated carbocycles. The first-order chi connectivity index (χ1) is 12.6. The van der Waals surface area contributed by atoms with Crippen LogP contribution < -0.4 is 5.32 Å². The predicted molar refractivity (Wildman–Crippen MR) is 102 cm³/mol. The van der Waals surface area contributed by atoms with Crippen molar-refractivity contribution in [3.05, 3.63) is 53.6 Å². The number of hydrogen-bond donors (Lipinski definition) is 1. The summed E-state index contributed by atoms with van der Waals surface area (Å²) in [6, 6.07) is 11.5. The minimum atomic E-state index is -3.79. The molecule has 0 radical (unpaired) electrons. The Morgan fingerprint density at radius 2 is 1.48 bits per heavy atom. The van der Waals surface area contributed by atoms with E-state index in [1.807, 2.05) is 0 Å². The minimum absolute atomic E-state index is 0.0407. The number of nitrogens with zero attached hydrogens (tertiary/aromatic N) is 1. The van der Waals surface area contributed by atoms with Crippen LogP contribution in [0.5, 0.6) is 0 Å². The number of nitrogens with one attached hydrogen (secondary N) is 1. The Bertz CT molecular complexity index is 1060. The molecule has 2 aromatic carbocycles. The van der Waals surface area contributed by atoms with Gasteiger partial charge in [-0.05, 0) is 48.5 Å². The van der Waals surface area contributed by atoms with E-state index >= 15 is 0 Å². The molecule has 7 nitrogen and oxygen atoms in total. The highest BCUT2D eigenvalue weighted by molar-refractivity contribution is 7.92. The number of halogens is 1. The van der Waals surface area contributed by atoms with Crippen LogP contribution in [0, 0.1) is 0 Å². The number of carbonyl (C=O) groups excluding carboxylic acids is 1. The average Bonchev–Trinajstić information content (AvgIpc) is 2.53. The molecule has 1 N–H and O–H groups in total. The highest BCUT2D eigenvalue weighted by Crippen LogP contribution is 2.29. The number of benzene rings is 2. The van der Waals surface area contributed by atoms with Crippen LogP contribution in [0.4, 0.5) is 5.69 Å². The normalized spacial score (nSPS) is 15.9. The number of sulfonamides is 1. The van der Waals surface area contributed by atoms with Crippen molar-refractivity contribution in [3.63, 3.8) is 0 Å². The molecule has 0 bridgehead atoms. The largest absolute Gasteiger partial charge is 0.326 e. The van der Waals surface area contributed by atoms with E-state index in [1.54, 1.807) is 0 Å². The molecule has 1 aliphatic heterocycles. The van der Waals surface area contributed by atoms with Gasteiger partial charge in [0.2, 0.25) is 15.9 Å². The second-order valence-corrected chi connectivity index (χ2v) is 10.8. The van der Waals surface area contributed by atoms with E-state index in [0.29, 0.717) is 10.7 Å². The molecule has 3 rings (SSSR count). The number of anilines is 1. The minimum Gasteiger partial charge on any atom is -0.326 e. The van der Waals surface area contributed by atoms with Gasteiger partial charge in [-0.2, -0.15) is 4.31 Å². The summed E-state index contributed by atoms with van der Waals surface area (Å²) in [6.07, 6.45) is 0. The second kappa shape index (κ2) is 7.23. The van der Waals surface area contributed by atoms with Crippen LogP contribution in [0.1, 0.15) is 6.92 Å². The van der Waals surface area contributed by atoms with Crippen molar-refractivity contribution in [2.45, 2.75) is 22.0 Å².